The summed E-state index contributed by atoms with van der Waals surface area (Å²) in [5.41, 5.74) is 0. The van der Waals surface area contributed by atoms with Crippen molar-refractivity contribution in [3.05, 3.63) is 0 Å². The van der Waals surface area contributed by atoms with Crippen LogP contribution in [0.4, 0.5) is 0 Å². The first kappa shape index (κ1) is 10.5. The molecule has 13 heavy (non-hydrogen) atoms. The van der Waals surface area contributed by atoms with E-state index in [4.69, 9.17) is 14.2 Å². The van der Waals surface area contributed by atoms with Crippen LogP contribution >= 0.6 is 0 Å². The second-order valence-electron chi connectivity index (χ2n) is 3.51. The third-order valence-corrected chi connectivity index (χ3v) is 2.06. The highest BCUT2D eigenvalue weighted by atomic mass is 16.7. The molecule has 2 atom stereocenters. The normalized spacial score (nSPS) is 28.2. The molecule has 1 fully saturated rings. The zero-order chi connectivity index (χ0) is 9.84. The van der Waals surface area contributed by atoms with E-state index >= 15 is 0 Å². The first-order chi connectivity index (χ1) is 6.15. The van der Waals surface area contributed by atoms with E-state index in [1.807, 2.05) is 13.8 Å². The maximum absolute atomic E-state index is 11.0. The van der Waals surface area contributed by atoms with E-state index in [0.29, 0.717) is 6.42 Å². The lowest BCUT2D eigenvalue weighted by atomic mass is 10.0. The molecule has 76 valence electrons. The smallest absolute Gasteiger partial charge is 0.308 e. The fourth-order valence-corrected chi connectivity index (χ4v) is 1.43. The van der Waals surface area contributed by atoms with Crippen molar-refractivity contribution in [3.63, 3.8) is 0 Å². The minimum Gasteiger partial charge on any atom is -0.459 e. The van der Waals surface area contributed by atoms with Crippen LogP contribution in [0.2, 0.25) is 0 Å². The van der Waals surface area contributed by atoms with Gasteiger partial charge in [0, 0.05) is 7.11 Å². The largest absolute Gasteiger partial charge is 0.459 e. The zero-order valence-corrected chi connectivity index (χ0v) is 8.28. The van der Waals surface area contributed by atoms with Gasteiger partial charge in [-0.2, -0.15) is 0 Å². The second-order valence-corrected chi connectivity index (χ2v) is 3.51. The Morgan fingerprint density at radius 2 is 2.31 bits per heavy atom. The molecule has 0 radical (unpaired) electrons. The number of hydrogen-bond acceptors (Lipinski definition) is 4. The van der Waals surface area contributed by atoms with Crippen molar-refractivity contribution in [1.29, 1.82) is 0 Å². The summed E-state index contributed by atoms with van der Waals surface area (Å²) in [5.74, 6) is 0.105. The van der Waals surface area contributed by atoms with E-state index in [0.717, 1.165) is 0 Å². The summed E-state index contributed by atoms with van der Waals surface area (Å²) >= 11 is 0. The molecule has 0 saturated carbocycles. The monoisotopic (exact) mass is 188 g/mol. The molecule has 0 N–H and O–H groups in total. The summed E-state index contributed by atoms with van der Waals surface area (Å²) in [4.78, 5) is 11.0. The van der Waals surface area contributed by atoms with Gasteiger partial charge in [0.15, 0.2) is 0 Å². The number of esters is 1. The molecule has 1 rings (SSSR count). The molecule has 1 saturated heterocycles. The van der Waals surface area contributed by atoms with E-state index in [2.05, 4.69) is 0 Å². The van der Waals surface area contributed by atoms with Crippen LogP contribution in [-0.2, 0) is 19.0 Å². The summed E-state index contributed by atoms with van der Waals surface area (Å²) in [6.45, 7) is 4.23. The maximum atomic E-state index is 11.0. The molecule has 1 aliphatic heterocycles. The molecule has 0 bridgehead atoms. The van der Waals surface area contributed by atoms with E-state index < -0.39 is 0 Å². The number of rotatable bonds is 4. The van der Waals surface area contributed by atoms with Gasteiger partial charge in [0.05, 0.1) is 6.42 Å². The van der Waals surface area contributed by atoms with Crippen molar-refractivity contribution in [1.82, 2.24) is 0 Å². The highest BCUT2D eigenvalue weighted by Gasteiger charge is 2.37. The van der Waals surface area contributed by atoms with Crippen LogP contribution in [0.15, 0.2) is 0 Å². The molecule has 0 amide bonds. The molecular formula is C9H16O4. The van der Waals surface area contributed by atoms with Gasteiger partial charge in [-0.25, -0.2) is 0 Å². The van der Waals surface area contributed by atoms with Crippen molar-refractivity contribution in [2.45, 2.75) is 32.5 Å². The molecule has 0 aliphatic carbocycles. The fraction of sp³-hybridized carbons (Fsp3) is 0.889. The van der Waals surface area contributed by atoms with E-state index in [-0.39, 0.29) is 30.9 Å². The molecular weight excluding hydrogens is 172 g/mol. The van der Waals surface area contributed by atoms with Crippen molar-refractivity contribution in [2.75, 3.05) is 13.9 Å². The minimum absolute atomic E-state index is 0.123. The van der Waals surface area contributed by atoms with E-state index in [9.17, 15) is 4.79 Å². The van der Waals surface area contributed by atoms with Crippen molar-refractivity contribution >= 4 is 5.97 Å². The molecule has 0 aromatic heterocycles. The minimum atomic E-state index is -0.181. The predicted molar refractivity (Wildman–Crippen MR) is 46.1 cm³/mol. The first-order valence-corrected chi connectivity index (χ1v) is 4.45. The van der Waals surface area contributed by atoms with Gasteiger partial charge in [-0.3, -0.25) is 4.79 Å². The number of cyclic esters (lactones) is 1. The van der Waals surface area contributed by atoms with E-state index in [1.165, 1.54) is 0 Å². The fourth-order valence-electron chi connectivity index (χ4n) is 1.43. The van der Waals surface area contributed by atoms with Gasteiger partial charge in [-0.15, -0.1) is 0 Å². The Labute approximate surface area is 78.2 Å². The van der Waals surface area contributed by atoms with Crippen molar-refractivity contribution < 1.29 is 19.0 Å². The second kappa shape index (κ2) is 4.58. The quantitative estimate of drug-likeness (QED) is 0.486. The summed E-state index contributed by atoms with van der Waals surface area (Å²) in [6.07, 6.45) is 0.0711. The van der Waals surface area contributed by atoms with Gasteiger partial charge in [0.2, 0.25) is 0 Å². The Bertz CT molecular complexity index is 178. The maximum Gasteiger partial charge on any atom is 0.308 e. The lowest BCUT2D eigenvalue weighted by Gasteiger charge is -2.20. The average molecular weight is 188 g/mol. The Morgan fingerprint density at radius 1 is 1.62 bits per heavy atom. The lowest BCUT2D eigenvalue weighted by molar-refractivity contribution is -0.145. The third-order valence-electron chi connectivity index (χ3n) is 2.06. The highest BCUT2D eigenvalue weighted by Crippen LogP contribution is 2.24. The summed E-state index contributed by atoms with van der Waals surface area (Å²) < 4.78 is 15.2. The van der Waals surface area contributed by atoms with Crippen LogP contribution in [0.25, 0.3) is 0 Å². The van der Waals surface area contributed by atoms with Gasteiger partial charge in [0.1, 0.15) is 19.0 Å². The van der Waals surface area contributed by atoms with Gasteiger partial charge >= 0.3 is 5.97 Å². The Morgan fingerprint density at radius 3 is 2.85 bits per heavy atom. The molecule has 0 spiro atoms. The Kier molecular flexibility index (Phi) is 3.69. The summed E-state index contributed by atoms with van der Waals surface area (Å²) in [5, 5.41) is 0. The van der Waals surface area contributed by atoms with E-state index in [1.54, 1.807) is 7.11 Å². The first-order valence-electron chi connectivity index (χ1n) is 4.45. The van der Waals surface area contributed by atoms with Gasteiger partial charge < -0.3 is 14.2 Å². The van der Waals surface area contributed by atoms with Crippen LogP contribution < -0.4 is 0 Å². The molecule has 0 unspecified atom stereocenters. The number of hydrogen-bond donors (Lipinski definition) is 0. The van der Waals surface area contributed by atoms with Crippen molar-refractivity contribution in [2.24, 2.45) is 5.92 Å². The molecule has 0 aromatic rings. The average Bonchev–Trinajstić information content (AvgIpc) is 2.43. The van der Waals surface area contributed by atoms with Crippen LogP contribution in [0.1, 0.15) is 20.3 Å². The lowest BCUT2D eigenvalue weighted by Crippen LogP contribution is -2.29. The summed E-state index contributed by atoms with van der Waals surface area (Å²) in [6, 6.07) is 0. The number of methoxy groups -OCH3 is 1. The molecule has 1 aliphatic rings. The third kappa shape index (κ3) is 2.67. The standard InChI is InChI=1S/C9H16O4/c1-6(2)9-7(12-5-11-3)4-8(10)13-9/h6-7,9H,4-5H2,1-3H3/t7-,9+/m1/s1. The van der Waals surface area contributed by atoms with Crippen molar-refractivity contribution in [3.8, 4) is 0 Å². The predicted octanol–water partition coefficient (Wildman–Crippen LogP) is 0.947. The Balaban J connectivity index is 2.45. The molecule has 1 heterocycles. The van der Waals surface area contributed by atoms with Gasteiger partial charge in [0.25, 0.3) is 0 Å². The highest BCUT2D eigenvalue weighted by molar-refractivity contribution is 5.72. The molecule has 4 nitrogen and oxygen atoms in total. The van der Waals surface area contributed by atoms with Crippen LogP contribution in [0.5, 0.6) is 0 Å². The summed E-state index contributed by atoms with van der Waals surface area (Å²) in [7, 11) is 1.56. The van der Waals surface area contributed by atoms with Crippen LogP contribution in [0, 0.1) is 5.92 Å². The molecule has 0 aromatic carbocycles. The SMILES string of the molecule is COCO[C@@H]1CC(=O)O[C@H]1C(C)C. The van der Waals surface area contributed by atoms with Gasteiger partial charge in [-0.1, -0.05) is 13.8 Å². The van der Waals surface area contributed by atoms with Crippen LogP contribution in [0.3, 0.4) is 0 Å². The number of ether oxygens (including phenoxy) is 3. The molecule has 4 heteroatoms. The van der Waals surface area contributed by atoms with Gasteiger partial charge in [-0.05, 0) is 5.92 Å². The zero-order valence-electron chi connectivity index (χ0n) is 8.28. The topological polar surface area (TPSA) is 44.8 Å². The van der Waals surface area contributed by atoms with Crippen LogP contribution in [-0.4, -0.2) is 32.1 Å². The number of carbonyl (C=O) groups is 1. The Hall–Kier alpha value is -0.610. The number of carbonyl (C=O) groups excluding carboxylic acids is 1.